The molecule has 0 aliphatic carbocycles. The fourth-order valence-corrected chi connectivity index (χ4v) is 2.61. The maximum Gasteiger partial charge on any atom is 0.471 e. The molecule has 0 aromatic heterocycles. The van der Waals surface area contributed by atoms with E-state index in [4.69, 9.17) is 4.74 Å². The molecular weight excluding hydrogens is 373 g/mol. The van der Waals surface area contributed by atoms with E-state index >= 15 is 0 Å². The second kappa shape index (κ2) is 10.7. The van der Waals surface area contributed by atoms with Crippen LogP contribution in [0.25, 0.3) is 0 Å². The quantitative estimate of drug-likeness (QED) is 0.634. The summed E-state index contributed by atoms with van der Waals surface area (Å²) in [5, 5.41) is 2.71. The Balaban J connectivity index is 2.69. The molecule has 28 heavy (non-hydrogen) atoms. The van der Waals surface area contributed by atoms with Gasteiger partial charge in [0.1, 0.15) is 6.61 Å². The molecule has 0 bridgehead atoms. The van der Waals surface area contributed by atoms with Crippen molar-refractivity contribution >= 4 is 12.0 Å². The monoisotopic (exact) mass is 400 g/mol. The van der Waals surface area contributed by atoms with E-state index in [2.05, 4.69) is 11.9 Å². The summed E-state index contributed by atoms with van der Waals surface area (Å²) in [5.41, 5.74) is 0.817. The van der Waals surface area contributed by atoms with E-state index in [1.165, 1.54) is 0 Å². The van der Waals surface area contributed by atoms with Crippen molar-refractivity contribution in [2.45, 2.75) is 39.1 Å². The van der Waals surface area contributed by atoms with Crippen LogP contribution in [0.5, 0.6) is 0 Å². The maximum atomic E-state index is 12.5. The summed E-state index contributed by atoms with van der Waals surface area (Å²) in [7, 11) is 1.09. The van der Waals surface area contributed by atoms with Gasteiger partial charge in [-0.15, -0.1) is 6.58 Å². The highest BCUT2D eigenvalue weighted by Crippen LogP contribution is 2.21. The Morgan fingerprint density at radius 3 is 2.39 bits per heavy atom. The fourth-order valence-electron chi connectivity index (χ4n) is 2.61. The van der Waals surface area contributed by atoms with Gasteiger partial charge in [0.15, 0.2) is 0 Å². The second-order valence-electron chi connectivity index (χ2n) is 6.78. The van der Waals surface area contributed by atoms with Crippen LogP contribution >= 0.6 is 0 Å². The molecule has 1 aromatic carbocycles. The van der Waals surface area contributed by atoms with Crippen molar-refractivity contribution in [3.63, 3.8) is 0 Å². The lowest BCUT2D eigenvalue weighted by atomic mass is 9.87. The minimum Gasteiger partial charge on any atom is -0.445 e. The molecule has 0 aliphatic rings. The molecule has 3 atom stereocenters. The van der Waals surface area contributed by atoms with E-state index in [1.807, 2.05) is 44.2 Å². The molecule has 1 unspecified atom stereocenters. The SMILES string of the molecule is C=C[C@@H](C)C(C)[C@H](CCN(C)C(=O)C(F)(F)F)NC(=O)OCc1ccccc1. The summed E-state index contributed by atoms with van der Waals surface area (Å²) in [6.45, 7) is 7.40. The molecule has 156 valence electrons. The lowest BCUT2D eigenvalue weighted by Gasteiger charge is -2.30. The van der Waals surface area contributed by atoms with Crippen LogP contribution in [0.4, 0.5) is 18.0 Å². The van der Waals surface area contributed by atoms with Gasteiger partial charge < -0.3 is 15.0 Å². The van der Waals surface area contributed by atoms with Crippen LogP contribution in [0.15, 0.2) is 43.0 Å². The zero-order chi connectivity index (χ0) is 21.3. The third kappa shape index (κ3) is 7.62. The lowest BCUT2D eigenvalue weighted by molar-refractivity contribution is -0.184. The van der Waals surface area contributed by atoms with E-state index in [0.717, 1.165) is 12.6 Å². The molecule has 0 spiro atoms. The normalized spacial score (nSPS) is 14.5. The van der Waals surface area contributed by atoms with E-state index in [0.29, 0.717) is 4.90 Å². The first-order valence-corrected chi connectivity index (χ1v) is 8.98. The van der Waals surface area contributed by atoms with E-state index < -0.39 is 24.2 Å². The van der Waals surface area contributed by atoms with Gasteiger partial charge >= 0.3 is 18.2 Å². The predicted octanol–water partition coefficient (Wildman–Crippen LogP) is 4.15. The topological polar surface area (TPSA) is 58.6 Å². The highest BCUT2D eigenvalue weighted by molar-refractivity contribution is 5.81. The molecule has 0 heterocycles. The van der Waals surface area contributed by atoms with Crippen LogP contribution in [-0.2, 0) is 16.1 Å². The predicted molar refractivity (Wildman–Crippen MR) is 100 cm³/mol. The third-order valence-electron chi connectivity index (χ3n) is 4.72. The first-order valence-electron chi connectivity index (χ1n) is 8.98. The van der Waals surface area contributed by atoms with Gasteiger partial charge in [0, 0.05) is 19.6 Å². The van der Waals surface area contributed by atoms with Gasteiger partial charge in [0.25, 0.3) is 0 Å². The number of rotatable bonds is 9. The standard InChI is InChI=1S/C20H27F3N2O3/c1-5-14(2)15(3)17(11-12-25(4)18(26)20(21,22)23)24-19(27)28-13-16-9-7-6-8-10-16/h5-10,14-15,17H,1,11-13H2,2-4H3,(H,24,27)/t14-,15?,17+/m1/s1. The Morgan fingerprint density at radius 1 is 1.25 bits per heavy atom. The van der Waals surface area contributed by atoms with Crippen molar-refractivity contribution in [1.29, 1.82) is 0 Å². The molecule has 0 saturated carbocycles. The molecule has 2 amide bonds. The Hall–Kier alpha value is -2.51. The first kappa shape index (κ1) is 23.5. The highest BCUT2D eigenvalue weighted by Gasteiger charge is 2.41. The van der Waals surface area contributed by atoms with Gasteiger partial charge in [-0.1, -0.05) is 50.3 Å². The molecule has 0 aliphatic heterocycles. The van der Waals surface area contributed by atoms with Crippen molar-refractivity contribution in [3.8, 4) is 0 Å². The average molecular weight is 400 g/mol. The number of halogens is 3. The van der Waals surface area contributed by atoms with Crippen molar-refractivity contribution in [2.24, 2.45) is 11.8 Å². The number of ether oxygens (including phenoxy) is 1. The minimum atomic E-state index is -4.92. The summed E-state index contributed by atoms with van der Waals surface area (Å²) in [6, 6.07) is 8.62. The summed E-state index contributed by atoms with van der Waals surface area (Å²) >= 11 is 0. The fraction of sp³-hybridized carbons (Fsp3) is 0.500. The Bertz CT molecular complexity index is 650. The largest absolute Gasteiger partial charge is 0.471 e. The molecule has 8 heteroatoms. The lowest BCUT2D eigenvalue weighted by Crippen LogP contribution is -2.45. The minimum absolute atomic E-state index is 0.00282. The highest BCUT2D eigenvalue weighted by atomic mass is 19.4. The third-order valence-corrected chi connectivity index (χ3v) is 4.72. The molecular formula is C20H27F3N2O3. The van der Waals surface area contributed by atoms with Crippen LogP contribution in [0, 0.1) is 11.8 Å². The summed E-state index contributed by atoms with van der Waals surface area (Å²) < 4.78 is 42.8. The van der Waals surface area contributed by atoms with E-state index in [9.17, 15) is 22.8 Å². The molecule has 1 aromatic rings. The number of alkyl halides is 3. The molecule has 1 rings (SSSR count). The number of carbonyl (C=O) groups excluding carboxylic acids is 2. The zero-order valence-electron chi connectivity index (χ0n) is 16.3. The number of nitrogens with one attached hydrogen (secondary N) is 1. The van der Waals surface area contributed by atoms with Gasteiger partial charge in [-0.3, -0.25) is 4.79 Å². The van der Waals surface area contributed by atoms with Crippen LogP contribution in [-0.4, -0.2) is 42.7 Å². The summed E-state index contributed by atoms with van der Waals surface area (Å²) in [5.74, 6) is -2.03. The number of hydrogen-bond donors (Lipinski definition) is 1. The van der Waals surface area contributed by atoms with Crippen molar-refractivity contribution < 1.29 is 27.5 Å². The average Bonchev–Trinajstić information content (AvgIpc) is 2.67. The van der Waals surface area contributed by atoms with Crippen LogP contribution in [0.2, 0.25) is 0 Å². The van der Waals surface area contributed by atoms with Crippen LogP contribution in [0.1, 0.15) is 25.8 Å². The van der Waals surface area contributed by atoms with Gasteiger partial charge in [-0.25, -0.2) is 4.79 Å². The van der Waals surface area contributed by atoms with Gasteiger partial charge in [0.05, 0.1) is 0 Å². The maximum absolute atomic E-state index is 12.5. The molecule has 1 N–H and O–H groups in total. The van der Waals surface area contributed by atoms with Crippen molar-refractivity contribution in [1.82, 2.24) is 10.2 Å². The number of benzene rings is 1. The Labute approximate surface area is 163 Å². The van der Waals surface area contributed by atoms with Gasteiger partial charge in [-0.05, 0) is 23.8 Å². The summed E-state index contributed by atoms with van der Waals surface area (Å²) in [6.07, 6.45) is -3.73. The molecule has 0 fully saturated rings. The number of hydrogen-bond acceptors (Lipinski definition) is 3. The molecule has 0 radical (unpaired) electrons. The van der Waals surface area contributed by atoms with Gasteiger partial charge in [0.2, 0.25) is 0 Å². The van der Waals surface area contributed by atoms with Gasteiger partial charge in [-0.2, -0.15) is 13.2 Å². The van der Waals surface area contributed by atoms with Crippen LogP contribution < -0.4 is 5.32 Å². The second-order valence-corrected chi connectivity index (χ2v) is 6.78. The Kier molecular flexibility index (Phi) is 9.02. The van der Waals surface area contributed by atoms with Crippen molar-refractivity contribution in [2.75, 3.05) is 13.6 Å². The number of alkyl carbamates (subject to hydrolysis) is 1. The number of allylic oxidation sites excluding steroid dienone is 1. The number of carbonyl (C=O) groups is 2. The smallest absolute Gasteiger partial charge is 0.445 e. The summed E-state index contributed by atoms with van der Waals surface area (Å²) in [4.78, 5) is 24.1. The first-order chi connectivity index (χ1) is 13.1. The van der Waals surface area contributed by atoms with E-state index in [1.54, 1.807) is 6.08 Å². The van der Waals surface area contributed by atoms with Crippen molar-refractivity contribution in [3.05, 3.63) is 48.6 Å². The molecule has 0 saturated heterocycles. The van der Waals surface area contributed by atoms with Crippen LogP contribution in [0.3, 0.4) is 0 Å². The zero-order valence-corrected chi connectivity index (χ0v) is 16.3. The van der Waals surface area contributed by atoms with E-state index in [-0.39, 0.29) is 31.4 Å². The molecule has 5 nitrogen and oxygen atoms in total. The number of amides is 2. The number of nitrogens with zero attached hydrogens (tertiary/aromatic N) is 1. The Morgan fingerprint density at radius 2 is 1.86 bits per heavy atom.